The number of nitrogens with zero attached hydrogens (tertiary/aromatic N) is 1. The maximum absolute atomic E-state index is 12.4. The van der Waals surface area contributed by atoms with E-state index >= 15 is 0 Å². The van der Waals surface area contributed by atoms with E-state index < -0.39 is 15.8 Å². The summed E-state index contributed by atoms with van der Waals surface area (Å²) in [7, 11) is -4.47. The Labute approximate surface area is 127 Å². The summed E-state index contributed by atoms with van der Waals surface area (Å²) in [5, 5.41) is 5.90. The van der Waals surface area contributed by atoms with E-state index in [1.165, 1.54) is 0 Å². The lowest BCUT2D eigenvalue weighted by molar-refractivity contribution is -0.122. The number of halogens is 2. The summed E-state index contributed by atoms with van der Waals surface area (Å²) in [5.74, 6) is -1.77. The third-order valence-corrected chi connectivity index (χ3v) is 6.23. The molecule has 0 bridgehead atoms. The fourth-order valence-electron chi connectivity index (χ4n) is 2.41. The second kappa shape index (κ2) is 7.21. The summed E-state index contributed by atoms with van der Waals surface area (Å²) >= 11 is 1.66. The summed E-state index contributed by atoms with van der Waals surface area (Å²) < 4.78 is 48.3. The van der Waals surface area contributed by atoms with Crippen molar-refractivity contribution in [1.29, 1.82) is 0 Å². The molecule has 2 aliphatic rings. The summed E-state index contributed by atoms with van der Waals surface area (Å²) in [6.45, 7) is 0.639. The van der Waals surface area contributed by atoms with Gasteiger partial charge in [0.05, 0.1) is 6.04 Å². The quantitative estimate of drug-likeness (QED) is 0.736. The number of alkyl halides is 2. The van der Waals surface area contributed by atoms with Crippen molar-refractivity contribution in [1.82, 2.24) is 14.9 Å². The van der Waals surface area contributed by atoms with Gasteiger partial charge in [-0.3, -0.25) is 10.1 Å². The number of rotatable bonds is 5. The van der Waals surface area contributed by atoms with Crippen molar-refractivity contribution in [3.8, 4) is 0 Å². The standard InChI is InChI=1S/C11H19F2N3O3S2/c12-11(13)21(18,19)16-3-1-8(2-4-16)5-14-10(17)9-6-20-7-15-9/h8-9,11,15H,1-7H2,(H,14,17). The van der Waals surface area contributed by atoms with Gasteiger partial charge in [0, 0.05) is 31.3 Å². The predicted octanol–water partition coefficient (Wildman–Crippen LogP) is 0.0295. The average Bonchev–Trinajstić information content (AvgIpc) is 2.99. The number of amides is 1. The van der Waals surface area contributed by atoms with Gasteiger partial charge in [0.1, 0.15) is 0 Å². The topological polar surface area (TPSA) is 78.5 Å². The van der Waals surface area contributed by atoms with Gasteiger partial charge in [-0.2, -0.15) is 13.1 Å². The van der Waals surface area contributed by atoms with Crippen LogP contribution in [0.3, 0.4) is 0 Å². The molecule has 1 unspecified atom stereocenters. The number of hydrogen-bond donors (Lipinski definition) is 2. The van der Waals surface area contributed by atoms with Crippen LogP contribution in [0.2, 0.25) is 0 Å². The first-order chi connectivity index (χ1) is 9.91. The Hall–Kier alpha value is -0.450. The second-order valence-corrected chi connectivity index (χ2v) is 8.10. The highest BCUT2D eigenvalue weighted by molar-refractivity contribution is 7.99. The van der Waals surface area contributed by atoms with Gasteiger partial charge in [0.15, 0.2) is 0 Å². The van der Waals surface area contributed by atoms with E-state index in [1.54, 1.807) is 11.8 Å². The SMILES string of the molecule is O=C(NCC1CCN(S(=O)(=O)C(F)F)CC1)C1CSCN1. The van der Waals surface area contributed by atoms with Crippen LogP contribution < -0.4 is 10.6 Å². The van der Waals surface area contributed by atoms with E-state index in [4.69, 9.17) is 0 Å². The van der Waals surface area contributed by atoms with Crippen LogP contribution in [0.25, 0.3) is 0 Å². The first kappa shape index (κ1) is 16.9. The van der Waals surface area contributed by atoms with Crippen molar-refractivity contribution >= 4 is 27.7 Å². The smallest absolute Gasteiger partial charge is 0.350 e. The third-order valence-electron chi connectivity index (χ3n) is 3.76. The van der Waals surface area contributed by atoms with E-state index in [9.17, 15) is 22.0 Å². The van der Waals surface area contributed by atoms with Crippen molar-refractivity contribution in [3.05, 3.63) is 0 Å². The lowest BCUT2D eigenvalue weighted by Crippen LogP contribution is -2.46. The largest absolute Gasteiger partial charge is 0.354 e. The van der Waals surface area contributed by atoms with Crippen LogP contribution >= 0.6 is 11.8 Å². The lowest BCUT2D eigenvalue weighted by atomic mass is 9.98. The summed E-state index contributed by atoms with van der Waals surface area (Å²) in [6, 6.07) is -0.172. The van der Waals surface area contributed by atoms with Gasteiger partial charge in [0.2, 0.25) is 5.91 Å². The molecule has 122 valence electrons. The highest BCUT2D eigenvalue weighted by Gasteiger charge is 2.35. The molecule has 2 fully saturated rings. The fraction of sp³-hybridized carbons (Fsp3) is 0.909. The van der Waals surface area contributed by atoms with E-state index in [1.807, 2.05) is 0 Å². The molecule has 0 aliphatic carbocycles. The first-order valence-electron chi connectivity index (χ1n) is 6.77. The van der Waals surface area contributed by atoms with Gasteiger partial charge in [0.25, 0.3) is 10.0 Å². The highest BCUT2D eigenvalue weighted by Crippen LogP contribution is 2.22. The zero-order valence-electron chi connectivity index (χ0n) is 11.4. The fourth-order valence-corrected chi connectivity index (χ4v) is 4.30. The molecule has 10 heteroatoms. The van der Waals surface area contributed by atoms with Crippen molar-refractivity contribution in [2.24, 2.45) is 5.92 Å². The molecule has 2 rings (SSSR count). The zero-order valence-corrected chi connectivity index (χ0v) is 13.1. The van der Waals surface area contributed by atoms with Gasteiger partial charge < -0.3 is 5.32 Å². The van der Waals surface area contributed by atoms with Crippen LogP contribution in [0.4, 0.5) is 8.78 Å². The Morgan fingerprint density at radius 2 is 2.05 bits per heavy atom. The molecule has 0 radical (unpaired) electrons. The van der Waals surface area contributed by atoms with Gasteiger partial charge in [-0.1, -0.05) is 0 Å². The minimum Gasteiger partial charge on any atom is -0.354 e. The van der Waals surface area contributed by atoms with Crippen molar-refractivity contribution in [2.75, 3.05) is 31.3 Å². The molecule has 0 spiro atoms. The molecular formula is C11H19F2N3O3S2. The third kappa shape index (κ3) is 4.27. The molecule has 2 heterocycles. The molecule has 0 aromatic carbocycles. The molecule has 6 nitrogen and oxygen atoms in total. The van der Waals surface area contributed by atoms with Gasteiger partial charge >= 0.3 is 5.76 Å². The van der Waals surface area contributed by atoms with Gasteiger partial charge in [-0.05, 0) is 18.8 Å². The molecule has 21 heavy (non-hydrogen) atoms. The second-order valence-electron chi connectivity index (χ2n) is 5.17. The minimum absolute atomic E-state index is 0.0531. The number of carbonyl (C=O) groups excluding carboxylic acids is 1. The molecule has 0 aromatic heterocycles. The average molecular weight is 343 g/mol. The van der Waals surface area contributed by atoms with Crippen LogP contribution in [0.5, 0.6) is 0 Å². The van der Waals surface area contributed by atoms with Crippen LogP contribution in [0.1, 0.15) is 12.8 Å². The number of piperidine rings is 1. The Morgan fingerprint density at radius 3 is 2.57 bits per heavy atom. The van der Waals surface area contributed by atoms with Crippen LogP contribution in [0.15, 0.2) is 0 Å². The van der Waals surface area contributed by atoms with E-state index in [2.05, 4.69) is 10.6 Å². The van der Waals surface area contributed by atoms with Crippen molar-refractivity contribution < 1.29 is 22.0 Å². The van der Waals surface area contributed by atoms with Crippen LogP contribution in [-0.4, -0.2) is 61.7 Å². The zero-order chi connectivity index (χ0) is 15.5. The molecule has 0 aromatic rings. The molecule has 1 atom stereocenters. The van der Waals surface area contributed by atoms with E-state index in [0.717, 1.165) is 15.9 Å². The number of hydrogen-bond acceptors (Lipinski definition) is 5. The van der Waals surface area contributed by atoms with Crippen LogP contribution in [-0.2, 0) is 14.8 Å². The maximum Gasteiger partial charge on any atom is 0.350 e. The van der Waals surface area contributed by atoms with Crippen molar-refractivity contribution in [3.63, 3.8) is 0 Å². The molecule has 1 amide bonds. The Morgan fingerprint density at radius 1 is 1.38 bits per heavy atom. The maximum atomic E-state index is 12.4. The molecular weight excluding hydrogens is 324 g/mol. The number of carbonyl (C=O) groups is 1. The monoisotopic (exact) mass is 343 g/mol. The Kier molecular flexibility index (Phi) is 5.81. The first-order valence-corrected chi connectivity index (χ1v) is 9.43. The number of nitrogens with one attached hydrogen (secondary N) is 2. The normalized spacial score (nSPS) is 25.4. The summed E-state index contributed by atoms with van der Waals surface area (Å²) in [5.41, 5.74) is 0. The van der Waals surface area contributed by atoms with Crippen molar-refractivity contribution in [2.45, 2.75) is 24.6 Å². The minimum atomic E-state index is -4.47. The van der Waals surface area contributed by atoms with Gasteiger partial charge in [-0.25, -0.2) is 8.42 Å². The van der Waals surface area contributed by atoms with E-state index in [-0.39, 0.29) is 31.0 Å². The predicted molar refractivity (Wildman–Crippen MR) is 76.5 cm³/mol. The summed E-state index contributed by atoms with van der Waals surface area (Å²) in [6.07, 6.45) is 0.970. The number of sulfonamides is 1. The molecule has 0 saturated carbocycles. The van der Waals surface area contributed by atoms with E-state index in [0.29, 0.717) is 19.4 Å². The molecule has 2 aliphatic heterocycles. The van der Waals surface area contributed by atoms with Crippen LogP contribution in [0, 0.1) is 5.92 Å². The number of thioether (sulfide) groups is 1. The summed E-state index contributed by atoms with van der Waals surface area (Å²) in [4.78, 5) is 11.8. The Balaban J connectivity index is 1.73. The lowest BCUT2D eigenvalue weighted by Gasteiger charge is -2.31. The van der Waals surface area contributed by atoms with Gasteiger partial charge in [-0.15, -0.1) is 11.8 Å². The highest BCUT2D eigenvalue weighted by atomic mass is 32.2. The Bertz CT molecular complexity index is 461. The molecule has 2 N–H and O–H groups in total. The molecule has 2 saturated heterocycles.